The molecule has 3 aromatic heterocycles. The minimum absolute atomic E-state index is 0.279. The number of fused-ring (bicyclic) bond motifs is 1. The normalized spacial score (nSPS) is 14.5. The topological polar surface area (TPSA) is 108 Å². The highest BCUT2D eigenvalue weighted by atomic mass is 16.5. The summed E-state index contributed by atoms with van der Waals surface area (Å²) in [6.07, 6.45) is 4.48. The highest BCUT2D eigenvalue weighted by Gasteiger charge is 2.22. The number of ether oxygens (including phenoxy) is 1. The average molecular weight is 501 g/mol. The van der Waals surface area contributed by atoms with Crippen molar-refractivity contribution in [1.82, 2.24) is 30.0 Å². The van der Waals surface area contributed by atoms with Gasteiger partial charge in [0.15, 0.2) is 17.2 Å². The number of furan rings is 1. The summed E-state index contributed by atoms with van der Waals surface area (Å²) in [5, 5.41) is 16.6. The molecule has 1 aromatic carbocycles. The Morgan fingerprint density at radius 3 is 2.65 bits per heavy atom. The first-order valence-electron chi connectivity index (χ1n) is 12.4. The molecule has 0 radical (unpaired) electrons. The Bertz CT molecular complexity index is 1400. The van der Waals surface area contributed by atoms with Crippen LogP contribution in [0, 0.1) is 5.41 Å². The molecule has 0 atom stereocenters. The van der Waals surface area contributed by atoms with Crippen LogP contribution in [0.1, 0.15) is 12.2 Å². The Morgan fingerprint density at radius 1 is 1.14 bits per heavy atom. The van der Waals surface area contributed by atoms with Crippen LogP contribution in [0.3, 0.4) is 0 Å². The van der Waals surface area contributed by atoms with Gasteiger partial charge in [-0.3, -0.25) is 5.41 Å². The van der Waals surface area contributed by atoms with Crippen LogP contribution in [0.15, 0.2) is 64.9 Å². The SMILES string of the molecule is CN/C(=C\C(=N)c1cc2nc(-n3ccc(-c4ccccc4)n3)nc(N3CCOCC3)c2o1)CCN(C)C. The summed E-state index contributed by atoms with van der Waals surface area (Å²) in [6, 6.07) is 13.8. The molecule has 0 unspecified atom stereocenters. The summed E-state index contributed by atoms with van der Waals surface area (Å²) in [5.74, 6) is 1.58. The van der Waals surface area contributed by atoms with E-state index in [0.717, 1.165) is 29.9 Å². The number of hydrogen-bond acceptors (Lipinski definition) is 9. The van der Waals surface area contributed by atoms with Crippen LogP contribution in [0.5, 0.6) is 0 Å². The number of allylic oxidation sites excluding steroid dienone is 1. The molecule has 4 heterocycles. The number of morpholine rings is 1. The van der Waals surface area contributed by atoms with Crippen molar-refractivity contribution in [2.75, 3.05) is 58.9 Å². The first kappa shape index (κ1) is 24.7. The molecule has 10 heteroatoms. The van der Waals surface area contributed by atoms with Gasteiger partial charge in [-0.05, 0) is 32.7 Å². The van der Waals surface area contributed by atoms with Crippen LogP contribution in [0.4, 0.5) is 5.82 Å². The summed E-state index contributed by atoms with van der Waals surface area (Å²) < 4.78 is 13.4. The number of hydrogen-bond donors (Lipinski definition) is 2. The van der Waals surface area contributed by atoms with Crippen molar-refractivity contribution in [2.24, 2.45) is 0 Å². The molecule has 0 bridgehead atoms. The van der Waals surface area contributed by atoms with E-state index in [1.54, 1.807) is 4.68 Å². The highest BCUT2D eigenvalue weighted by Crippen LogP contribution is 2.29. The van der Waals surface area contributed by atoms with Gasteiger partial charge in [0, 0.05) is 50.2 Å². The van der Waals surface area contributed by atoms with E-state index in [0.29, 0.717) is 54.9 Å². The first-order valence-corrected chi connectivity index (χ1v) is 12.4. The monoisotopic (exact) mass is 500 g/mol. The van der Waals surface area contributed by atoms with Crippen molar-refractivity contribution in [1.29, 1.82) is 5.41 Å². The molecule has 37 heavy (non-hydrogen) atoms. The number of rotatable bonds is 9. The second-order valence-electron chi connectivity index (χ2n) is 9.17. The zero-order valence-electron chi connectivity index (χ0n) is 21.4. The van der Waals surface area contributed by atoms with Crippen LogP contribution in [0.2, 0.25) is 0 Å². The highest BCUT2D eigenvalue weighted by molar-refractivity contribution is 6.07. The Labute approximate surface area is 216 Å². The molecule has 1 aliphatic heterocycles. The van der Waals surface area contributed by atoms with Gasteiger partial charge in [0.05, 0.1) is 24.6 Å². The lowest BCUT2D eigenvalue weighted by atomic mass is 10.2. The van der Waals surface area contributed by atoms with E-state index in [1.807, 2.05) is 75.9 Å². The molecule has 1 saturated heterocycles. The van der Waals surface area contributed by atoms with Gasteiger partial charge in [-0.25, -0.2) is 9.67 Å². The molecule has 0 spiro atoms. The Hall–Kier alpha value is -4.02. The van der Waals surface area contributed by atoms with Crippen molar-refractivity contribution in [2.45, 2.75) is 6.42 Å². The quantitative estimate of drug-likeness (QED) is 0.337. The molecular formula is C27H32N8O2. The molecule has 192 valence electrons. The standard InChI is InChI=1S/C27H32N8O2/c1-29-20(9-11-33(2)3)17-21(28)24-18-23-25(37-24)26(34-13-15-36-16-14-34)31-27(30-23)35-12-10-22(32-35)19-7-5-4-6-8-19/h4-8,10,12,17-18,28-29H,9,11,13-16H2,1-3H3/b20-17-,28-21?. The van der Waals surface area contributed by atoms with Crippen molar-refractivity contribution >= 4 is 22.6 Å². The van der Waals surface area contributed by atoms with Crippen LogP contribution in [-0.4, -0.2) is 84.4 Å². The third kappa shape index (κ3) is 5.55. The molecule has 10 nitrogen and oxygen atoms in total. The van der Waals surface area contributed by atoms with Gasteiger partial charge >= 0.3 is 0 Å². The minimum atomic E-state index is 0.279. The Balaban J connectivity index is 1.53. The third-order valence-electron chi connectivity index (χ3n) is 6.25. The summed E-state index contributed by atoms with van der Waals surface area (Å²) in [4.78, 5) is 13.9. The van der Waals surface area contributed by atoms with Crippen LogP contribution >= 0.6 is 0 Å². The fraction of sp³-hybridized carbons (Fsp3) is 0.333. The zero-order chi connectivity index (χ0) is 25.8. The fourth-order valence-electron chi connectivity index (χ4n) is 4.18. The molecule has 5 rings (SSSR count). The lowest BCUT2D eigenvalue weighted by Crippen LogP contribution is -2.37. The number of nitrogens with zero attached hydrogens (tertiary/aromatic N) is 6. The van der Waals surface area contributed by atoms with Gasteiger partial charge in [0.1, 0.15) is 5.52 Å². The number of anilines is 1. The predicted octanol–water partition coefficient (Wildman–Crippen LogP) is 3.33. The molecule has 0 amide bonds. The van der Waals surface area contributed by atoms with Crippen molar-refractivity contribution in [3.63, 3.8) is 0 Å². The van der Waals surface area contributed by atoms with Crippen LogP contribution < -0.4 is 10.2 Å². The summed E-state index contributed by atoms with van der Waals surface area (Å²) in [6.45, 7) is 3.50. The Kier molecular flexibility index (Phi) is 7.29. The van der Waals surface area contributed by atoms with Crippen LogP contribution in [0.25, 0.3) is 28.3 Å². The van der Waals surface area contributed by atoms with E-state index in [1.165, 1.54) is 0 Å². The van der Waals surface area contributed by atoms with Crippen molar-refractivity contribution in [3.05, 3.63) is 66.2 Å². The Morgan fingerprint density at radius 2 is 1.92 bits per heavy atom. The molecule has 1 aliphatic rings. The van der Waals surface area contributed by atoms with Crippen LogP contribution in [-0.2, 0) is 4.74 Å². The van der Waals surface area contributed by atoms with E-state index in [4.69, 9.17) is 29.6 Å². The lowest BCUT2D eigenvalue weighted by molar-refractivity contribution is 0.122. The summed E-state index contributed by atoms with van der Waals surface area (Å²) in [5.41, 5.74) is 4.31. The summed E-state index contributed by atoms with van der Waals surface area (Å²) in [7, 11) is 5.93. The smallest absolute Gasteiger partial charge is 0.253 e. The fourth-order valence-corrected chi connectivity index (χ4v) is 4.18. The predicted molar refractivity (Wildman–Crippen MR) is 145 cm³/mol. The maximum atomic E-state index is 8.69. The number of aromatic nitrogens is 4. The maximum Gasteiger partial charge on any atom is 0.253 e. The van der Waals surface area contributed by atoms with E-state index in [9.17, 15) is 0 Å². The maximum absolute atomic E-state index is 8.69. The van der Waals surface area contributed by atoms with E-state index in [-0.39, 0.29) is 5.71 Å². The van der Waals surface area contributed by atoms with E-state index >= 15 is 0 Å². The number of nitrogens with one attached hydrogen (secondary N) is 2. The molecule has 0 aliphatic carbocycles. The number of benzene rings is 1. The third-order valence-corrected chi connectivity index (χ3v) is 6.25. The summed E-state index contributed by atoms with van der Waals surface area (Å²) >= 11 is 0. The molecule has 2 N–H and O–H groups in total. The van der Waals surface area contributed by atoms with Gasteiger partial charge in [-0.2, -0.15) is 10.1 Å². The average Bonchev–Trinajstić information content (AvgIpc) is 3.59. The van der Waals surface area contributed by atoms with Crippen molar-refractivity contribution < 1.29 is 9.15 Å². The van der Waals surface area contributed by atoms with Crippen molar-refractivity contribution in [3.8, 4) is 17.2 Å². The van der Waals surface area contributed by atoms with E-state index in [2.05, 4.69) is 15.1 Å². The molecular weight excluding hydrogens is 468 g/mol. The van der Waals surface area contributed by atoms with Gasteiger partial charge in [0.25, 0.3) is 5.95 Å². The molecule has 1 fully saturated rings. The second kappa shape index (κ2) is 10.9. The molecule has 4 aromatic rings. The lowest BCUT2D eigenvalue weighted by Gasteiger charge is -2.27. The first-order chi connectivity index (χ1) is 18.0. The second-order valence-corrected chi connectivity index (χ2v) is 9.17. The van der Waals surface area contributed by atoms with Gasteiger partial charge in [-0.1, -0.05) is 30.3 Å². The van der Waals surface area contributed by atoms with Gasteiger partial charge in [0.2, 0.25) is 0 Å². The molecule has 0 saturated carbocycles. The minimum Gasteiger partial charge on any atom is -0.449 e. The zero-order valence-corrected chi connectivity index (χ0v) is 21.4. The van der Waals surface area contributed by atoms with Gasteiger partial charge < -0.3 is 24.3 Å². The van der Waals surface area contributed by atoms with E-state index < -0.39 is 0 Å². The largest absolute Gasteiger partial charge is 0.449 e. The van der Waals surface area contributed by atoms with Gasteiger partial charge in [-0.15, -0.1) is 0 Å².